The Morgan fingerprint density at radius 3 is 1.92 bits per heavy atom. The number of halogens is 6. The van der Waals surface area contributed by atoms with Crippen LogP contribution < -0.4 is 0 Å². The van der Waals surface area contributed by atoms with Gasteiger partial charge in [0.25, 0.3) is 0 Å². The van der Waals surface area contributed by atoms with Crippen LogP contribution in [0.4, 0.5) is 37.7 Å². The number of alkyl halides is 6. The molecule has 1 aromatic carbocycles. The number of azo groups is 1. The molecule has 0 aliphatic carbocycles. The normalized spacial score (nSPS) is 12.0. The summed E-state index contributed by atoms with van der Waals surface area (Å²) in [4.78, 5) is 3.30. The van der Waals surface area contributed by atoms with Gasteiger partial charge in [0, 0.05) is 0 Å². The van der Waals surface area contributed by atoms with Gasteiger partial charge in [0.1, 0.15) is 11.8 Å². The molecule has 0 unspecified atom stereocenters. The minimum atomic E-state index is -4.86. The average molecular weight is 369 g/mol. The molecule has 0 saturated carbocycles. The topological polar surface area (TPSA) is 85.2 Å². The summed E-state index contributed by atoms with van der Waals surface area (Å²) in [6.45, 7) is 0. The Morgan fingerprint density at radius 1 is 0.808 bits per heavy atom. The zero-order valence-electron chi connectivity index (χ0n) is 12.4. The maximum absolute atomic E-state index is 12.9. The summed E-state index contributed by atoms with van der Waals surface area (Å²) in [7, 11) is 0. The van der Waals surface area contributed by atoms with Crippen LogP contribution in [0.25, 0.3) is 0 Å². The van der Waals surface area contributed by atoms with Crippen molar-refractivity contribution >= 4 is 11.4 Å². The maximum atomic E-state index is 12.9. The molecule has 0 atom stereocenters. The van der Waals surface area contributed by atoms with E-state index in [4.69, 9.17) is 10.5 Å². The van der Waals surface area contributed by atoms with Gasteiger partial charge < -0.3 is 0 Å². The lowest BCUT2D eigenvalue weighted by atomic mass is 10.1. The molecular formula is C15H5F6N5. The van der Waals surface area contributed by atoms with Gasteiger partial charge in [-0.25, -0.2) is 4.98 Å². The van der Waals surface area contributed by atoms with E-state index in [2.05, 4.69) is 15.2 Å². The van der Waals surface area contributed by atoms with E-state index < -0.39 is 40.4 Å². The number of pyridine rings is 1. The van der Waals surface area contributed by atoms with Crippen LogP contribution >= 0.6 is 0 Å². The molecule has 0 radical (unpaired) electrons. The number of aromatic nitrogens is 1. The highest BCUT2D eigenvalue weighted by Crippen LogP contribution is 2.35. The molecule has 0 amide bonds. The SMILES string of the molecule is N#Cc1ccc(N=Nc2cnc(C#N)c(C(F)(F)F)c2)cc1C(F)(F)F. The molecule has 26 heavy (non-hydrogen) atoms. The van der Waals surface area contributed by atoms with E-state index in [9.17, 15) is 26.3 Å². The number of hydrogen-bond acceptors (Lipinski definition) is 5. The minimum absolute atomic E-state index is 0.325. The monoisotopic (exact) mass is 369 g/mol. The standard InChI is InChI=1S/C15H5F6N5/c16-14(17,18)11-3-9(2-1-8(11)5-22)25-26-10-4-12(15(19,20)21)13(6-23)24-7-10/h1-4,7H. The fourth-order valence-electron chi connectivity index (χ4n) is 1.86. The van der Waals surface area contributed by atoms with E-state index in [0.717, 1.165) is 18.3 Å². The molecule has 2 rings (SSSR count). The maximum Gasteiger partial charge on any atom is 0.419 e. The van der Waals surface area contributed by atoms with Crippen LogP contribution in [0.2, 0.25) is 0 Å². The van der Waals surface area contributed by atoms with Crippen LogP contribution in [0.15, 0.2) is 40.7 Å². The van der Waals surface area contributed by atoms with Gasteiger partial charge in [-0.05, 0) is 24.3 Å². The van der Waals surface area contributed by atoms with Crippen LogP contribution in [-0.4, -0.2) is 4.98 Å². The zero-order valence-corrected chi connectivity index (χ0v) is 12.4. The van der Waals surface area contributed by atoms with E-state index in [0.29, 0.717) is 12.1 Å². The number of nitrogens with zero attached hydrogens (tertiary/aromatic N) is 5. The number of hydrogen-bond donors (Lipinski definition) is 0. The Labute approximate surface area is 141 Å². The van der Waals surface area contributed by atoms with Crippen molar-refractivity contribution < 1.29 is 26.3 Å². The van der Waals surface area contributed by atoms with Crippen molar-refractivity contribution in [2.24, 2.45) is 10.2 Å². The third-order valence-corrected chi connectivity index (χ3v) is 2.99. The fraction of sp³-hybridized carbons (Fsp3) is 0.133. The predicted octanol–water partition coefficient (Wildman–Crippen LogP) is 5.28. The van der Waals surface area contributed by atoms with Crippen molar-refractivity contribution in [1.82, 2.24) is 4.98 Å². The highest BCUT2D eigenvalue weighted by Gasteiger charge is 2.35. The summed E-state index contributed by atoms with van der Waals surface area (Å²) >= 11 is 0. The van der Waals surface area contributed by atoms with Gasteiger partial charge in [-0.15, -0.1) is 5.11 Å². The average Bonchev–Trinajstić information content (AvgIpc) is 2.58. The summed E-state index contributed by atoms with van der Waals surface area (Å²) in [5, 5.41) is 24.2. The van der Waals surface area contributed by atoms with Gasteiger partial charge in [0.2, 0.25) is 0 Å². The lowest BCUT2D eigenvalue weighted by molar-refractivity contribution is -0.138. The first-order chi connectivity index (χ1) is 12.1. The molecule has 11 heteroatoms. The smallest absolute Gasteiger partial charge is 0.243 e. The van der Waals surface area contributed by atoms with Crippen molar-refractivity contribution in [1.29, 1.82) is 10.5 Å². The van der Waals surface area contributed by atoms with Gasteiger partial charge in [-0.2, -0.15) is 42.0 Å². The van der Waals surface area contributed by atoms with E-state index in [1.807, 2.05) is 0 Å². The first-order valence-corrected chi connectivity index (χ1v) is 6.56. The summed E-state index contributed by atoms with van der Waals surface area (Å²) < 4.78 is 77.1. The Morgan fingerprint density at radius 2 is 1.38 bits per heavy atom. The highest BCUT2D eigenvalue weighted by molar-refractivity contribution is 5.50. The van der Waals surface area contributed by atoms with Gasteiger partial charge in [0.05, 0.1) is 34.6 Å². The molecule has 2 aromatic rings. The molecule has 1 heterocycles. The zero-order chi connectivity index (χ0) is 19.5. The second kappa shape index (κ2) is 6.80. The molecule has 0 aliphatic rings. The first kappa shape index (κ1) is 18.9. The Hall–Kier alpha value is -3.47. The molecule has 0 fully saturated rings. The van der Waals surface area contributed by atoms with Crippen molar-refractivity contribution in [2.75, 3.05) is 0 Å². The summed E-state index contributed by atoms with van der Waals surface area (Å²) in [5.41, 5.74) is -4.81. The van der Waals surface area contributed by atoms with E-state index in [1.165, 1.54) is 12.1 Å². The van der Waals surface area contributed by atoms with Crippen LogP contribution in [0.3, 0.4) is 0 Å². The van der Waals surface area contributed by atoms with E-state index >= 15 is 0 Å². The molecule has 0 saturated heterocycles. The van der Waals surface area contributed by atoms with Crippen LogP contribution in [0.1, 0.15) is 22.4 Å². The molecule has 132 valence electrons. The van der Waals surface area contributed by atoms with Crippen LogP contribution in [-0.2, 0) is 12.4 Å². The number of rotatable bonds is 2. The third kappa shape index (κ3) is 4.13. The molecule has 1 aromatic heterocycles. The van der Waals surface area contributed by atoms with Crippen molar-refractivity contribution in [3.05, 3.63) is 52.8 Å². The number of benzene rings is 1. The predicted molar refractivity (Wildman–Crippen MR) is 74.3 cm³/mol. The quantitative estimate of drug-likeness (QED) is 0.533. The Balaban J connectivity index is 2.43. The molecule has 0 bridgehead atoms. The first-order valence-electron chi connectivity index (χ1n) is 6.56. The Bertz CT molecular complexity index is 869. The van der Waals surface area contributed by atoms with Crippen LogP contribution in [0.5, 0.6) is 0 Å². The largest absolute Gasteiger partial charge is 0.419 e. The highest BCUT2D eigenvalue weighted by atomic mass is 19.4. The molecular weight excluding hydrogens is 364 g/mol. The lowest BCUT2D eigenvalue weighted by Crippen LogP contribution is -2.08. The molecule has 0 N–H and O–H groups in total. The lowest BCUT2D eigenvalue weighted by Gasteiger charge is -2.09. The minimum Gasteiger partial charge on any atom is -0.243 e. The van der Waals surface area contributed by atoms with Gasteiger partial charge in [-0.3, -0.25) is 0 Å². The van der Waals surface area contributed by atoms with Crippen molar-refractivity contribution in [3.63, 3.8) is 0 Å². The molecule has 5 nitrogen and oxygen atoms in total. The van der Waals surface area contributed by atoms with E-state index in [1.54, 1.807) is 0 Å². The van der Waals surface area contributed by atoms with Gasteiger partial charge in [-0.1, -0.05) is 0 Å². The summed E-state index contributed by atoms with van der Waals surface area (Å²) in [6, 6.07) is 5.64. The summed E-state index contributed by atoms with van der Waals surface area (Å²) in [6.07, 6.45) is -8.84. The fourth-order valence-corrected chi connectivity index (χ4v) is 1.86. The molecule has 0 aliphatic heterocycles. The Kier molecular flexibility index (Phi) is 4.93. The van der Waals surface area contributed by atoms with Crippen molar-refractivity contribution in [3.8, 4) is 12.1 Å². The summed E-state index contributed by atoms with van der Waals surface area (Å²) in [5.74, 6) is 0. The van der Waals surface area contributed by atoms with E-state index in [-0.39, 0.29) is 5.69 Å². The third-order valence-electron chi connectivity index (χ3n) is 2.99. The number of nitriles is 2. The van der Waals surface area contributed by atoms with Crippen LogP contribution in [0, 0.1) is 22.7 Å². The van der Waals surface area contributed by atoms with Gasteiger partial charge in [0.15, 0.2) is 5.69 Å². The second-order valence-corrected chi connectivity index (χ2v) is 4.74. The van der Waals surface area contributed by atoms with Crippen molar-refractivity contribution in [2.45, 2.75) is 12.4 Å². The second-order valence-electron chi connectivity index (χ2n) is 4.74. The van der Waals surface area contributed by atoms with Gasteiger partial charge >= 0.3 is 12.4 Å². The molecule has 0 spiro atoms.